The van der Waals surface area contributed by atoms with Crippen molar-refractivity contribution in [3.63, 3.8) is 0 Å². The lowest BCUT2D eigenvalue weighted by Gasteiger charge is -2.24. The third-order valence-electron chi connectivity index (χ3n) is 6.95. The Morgan fingerprint density at radius 2 is 1.81 bits per heavy atom. The number of carbonyl (C=O) groups is 1. The Hall–Kier alpha value is -2.96. The van der Waals surface area contributed by atoms with Crippen LogP contribution in [0.4, 0.5) is 0 Å². The van der Waals surface area contributed by atoms with Gasteiger partial charge in [-0.25, -0.2) is 4.98 Å². The van der Waals surface area contributed by atoms with Crippen molar-refractivity contribution < 1.29 is 4.79 Å². The molecule has 7 nitrogen and oxygen atoms in total. The van der Waals surface area contributed by atoms with Crippen LogP contribution < -0.4 is 16.4 Å². The first-order valence-electron chi connectivity index (χ1n) is 11.5. The van der Waals surface area contributed by atoms with Crippen molar-refractivity contribution in [1.82, 2.24) is 19.3 Å². The van der Waals surface area contributed by atoms with Crippen molar-refractivity contribution in [2.45, 2.75) is 76.8 Å². The summed E-state index contributed by atoms with van der Waals surface area (Å²) >= 11 is 0. The van der Waals surface area contributed by atoms with Gasteiger partial charge in [-0.15, -0.1) is 0 Å². The molecule has 0 aromatic carbocycles. The van der Waals surface area contributed by atoms with Gasteiger partial charge in [0.05, 0.1) is 10.9 Å². The van der Waals surface area contributed by atoms with E-state index in [1.165, 1.54) is 6.42 Å². The van der Waals surface area contributed by atoms with Gasteiger partial charge >= 0.3 is 0 Å². The average Bonchev–Trinajstić information content (AvgIpc) is 3.29. The fourth-order valence-corrected chi connectivity index (χ4v) is 5.26. The molecule has 0 spiro atoms. The molecule has 0 atom stereocenters. The van der Waals surface area contributed by atoms with E-state index in [0.29, 0.717) is 16.7 Å². The summed E-state index contributed by atoms with van der Waals surface area (Å²) in [6.07, 6.45) is 11.2. The van der Waals surface area contributed by atoms with Crippen LogP contribution in [0, 0.1) is 12.3 Å². The van der Waals surface area contributed by atoms with E-state index in [-0.39, 0.29) is 34.6 Å². The van der Waals surface area contributed by atoms with Crippen LogP contribution in [0.1, 0.15) is 79.8 Å². The fraction of sp³-hybridized carbons (Fsp3) is 0.500. The minimum Gasteiger partial charge on any atom is -0.349 e. The molecule has 0 aliphatic heterocycles. The number of aromatic nitrogens is 3. The lowest BCUT2D eigenvalue weighted by molar-refractivity contribution is 0.0925. The quantitative estimate of drug-likeness (QED) is 0.635. The Bertz CT molecular complexity index is 1280. The van der Waals surface area contributed by atoms with Crippen LogP contribution in [0.3, 0.4) is 0 Å². The van der Waals surface area contributed by atoms with Crippen LogP contribution in [0.25, 0.3) is 16.7 Å². The molecule has 3 heterocycles. The molecule has 162 valence electrons. The predicted molar refractivity (Wildman–Crippen MR) is 119 cm³/mol. The first kappa shape index (κ1) is 20.0. The summed E-state index contributed by atoms with van der Waals surface area (Å²) in [5, 5.41) is 12.5. The van der Waals surface area contributed by atoms with Crippen molar-refractivity contribution in [3.8, 4) is 0 Å². The molecule has 3 aromatic heterocycles. The van der Waals surface area contributed by atoms with Crippen LogP contribution >= 0.6 is 0 Å². The second kappa shape index (κ2) is 7.94. The predicted octanol–water partition coefficient (Wildman–Crippen LogP) is 3.61. The molecule has 0 saturated heterocycles. The smallest absolute Gasteiger partial charge is 0.267 e. The second-order valence-corrected chi connectivity index (χ2v) is 9.06. The van der Waals surface area contributed by atoms with E-state index < -0.39 is 0 Å². The highest BCUT2D eigenvalue weighted by atomic mass is 16.2. The minimum absolute atomic E-state index is 0.0933. The first-order valence-corrected chi connectivity index (χ1v) is 11.5. The van der Waals surface area contributed by atoms with Gasteiger partial charge in [0.1, 0.15) is 16.8 Å². The SMILES string of the molecule is Cc1cccn2c(=O)c3cc(C(=O)NC4CCCCC4)c(=N)n(C4CCCC4)c3nc12. The van der Waals surface area contributed by atoms with E-state index in [2.05, 4.69) is 5.32 Å². The molecule has 0 radical (unpaired) electrons. The Morgan fingerprint density at radius 3 is 2.55 bits per heavy atom. The molecule has 31 heavy (non-hydrogen) atoms. The van der Waals surface area contributed by atoms with Gasteiger partial charge in [0.25, 0.3) is 11.5 Å². The van der Waals surface area contributed by atoms with Crippen LogP contribution in [0.5, 0.6) is 0 Å². The molecular weight excluding hydrogens is 390 g/mol. The molecule has 2 fully saturated rings. The second-order valence-electron chi connectivity index (χ2n) is 9.06. The minimum atomic E-state index is -0.251. The van der Waals surface area contributed by atoms with Crippen LogP contribution in [0.15, 0.2) is 29.2 Å². The molecule has 2 aliphatic carbocycles. The van der Waals surface area contributed by atoms with Gasteiger partial charge in [0.15, 0.2) is 0 Å². The average molecular weight is 420 g/mol. The van der Waals surface area contributed by atoms with Gasteiger partial charge in [0, 0.05) is 18.3 Å². The molecule has 0 unspecified atom stereocenters. The summed E-state index contributed by atoms with van der Waals surface area (Å²) < 4.78 is 3.40. The van der Waals surface area contributed by atoms with Crippen LogP contribution in [0.2, 0.25) is 0 Å². The van der Waals surface area contributed by atoms with Crippen molar-refractivity contribution >= 4 is 22.6 Å². The molecule has 2 saturated carbocycles. The van der Waals surface area contributed by atoms with Gasteiger partial charge in [-0.2, -0.15) is 0 Å². The van der Waals surface area contributed by atoms with E-state index in [4.69, 9.17) is 10.4 Å². The highest BCUT2D eigenvalue weighted by molar-refractivity contribution is 5.97. The van der Waals surface area contributed by atoms with Crippen LogP contribution in [-0.4, -0.2) is 25.9 Å². The molecule has 1 amide bonds. The maximum absolute atomic E-state index is 13.4. The first-order chi connectivity index (χ1) is 15.0. The summed E-state index contributed by atoms with van der Waals surface area (Å²) in [6.45, 7) is 1.93. The van der Waals surface area contributed by atoms with Crippen LogP contribution in [-0.2, 0) is 0 Å². The molecule has 5 rings (SSSR count). The number of hydrogen-bond donors (Lipinski definition) is 2. The number of carbonyl (C=O) groups excluding carboxylic acids is 1. The summed E-state index contributed by atoms with van der Waals surface area (Å²) in [4.78, 5) is 31.4. The van der Waals surface area contributed by atoms with E-state index in [0.717, 1.165) is 56.9 Å². The molecule has 7 heteroatoms. The van der Waals surface area contributed by atoms with E-state index in [1.54, 1.807) is 16.7 Å². The van der Waals surface area contributed by atoms with Crippen molar-refractivity contribution in [3.05, 3.63) is 51.4 Å². The third-order valence-corrected chi connectivity index (χ3v) is 6.95. The van der Waals surface area contributed by atoms with E-state index in [9.17, 15) is 9.59 Å². The number of hydrogen-bond acceptors (Lipinski definition) is 4. The van der Waals surface area contributed by atoms with Gasteiger partial charge in [-0.3, -0.25) is 19.4 Å². The van der Waals surface area contributed by atoms with Crippen molar-refractivity contribution in [2.75, 3.05) is 0 Å². The monoisotopic (exact) mass is 419 g/mol. The van der Waals surface area contributed by atoms with E-state index >= 15 is 0 Å². The van der Waals surface area contributed by atoms with Gasteiger partial charge in [-0.1, -0.05) is 38.2 Å². The summed E-state index contributed by atoms with van der Waals surface area (Å²) in [6, 6.07) is 5.59. The topological polar surface area (TPSA) is 92.3 Å². The number of amides is 1. The highest BCUT2D eigenvalue weighted by Gasteiger charge is 2.25. The highest BCUT2D eigenvalue weighted by Crippen LogP contribution is 2.30. The van der Waals surface area contributed by atoms with Crippen molar-refractivity contribution in [2.24, 2.45) is 0 Å². The van der Waals surface area contributed by atoms with Crippen molar-refractivity contribution in [1.29, 1.82) is 5.41 Å². The lowest BCUT2D eigenvalue weighted by atomic mass is 9.95. The Morgan fingerprint density at radius 1 is 1.10 bits per heavy atom. The number of rotatable bonds is 3. The zero-order chi connectivity index (χ0) is 21.5. The summed E-state index contributed by atoms with van der Waals surface area (Å²) in [7, 11) is 0. The zero-order valence-corrected chi connectivity index (χ0v) is 18.0. The Balaban J connectivity index is 1.73. The molecule has 2 N–H and O–H groups in total. The summed E-state index contributed by atoms with van der Waals surface area (Å²) in [5.74, 6) is -0.251. The number of nitrogens with zero attached hydrogens (tertiary/aromatic N) is 3. The number of fused-ring (bicyclic) bond motifs is 2. The Labute approximate surface area is 180 Å². The largest absolute Gasteiger partial charge is 0.349 e. The Kier molecular flexibility index (Phi) is 5.12. The molecule has 0 bridgehead atoms. The fourth-order valence-electron chi connectivity index (χ4n) is 5.26. The summed E-state index contributed by atoms with van der Waals surface area (Å²) in [5.41, 5.74) is 2.28. The van der Waals surface area contributed by atoms with Gasteiger partial charge in [0.2, 0.25) is 0 Å². The maximum atomic E-state index is 13.4. The number of aryl methyl sites for hydroxylation is 1. The normalized spacial score (nSPS) is 18.1. The zero-order valence-electron chi connectivity index (χ0n) is 18.0. The standard InChI is InChI=1S/C24H29N5O2/c1-15-8-7-13-28-21(15)27-22-19(24(28)31)14-18(20(25)29(22)17-11-5-6-12-17)23(30)26-16-9-3-2-4-10-16/h7-8,13-14,16-17,25H,2-6,9-12H2,1H3,(H,26,30). The number of pyridine rings is 2. The molecular formula is C24H29N5O2. The third kappa shape index (κ3) is 3.46. The molecule has 3 aromatic rings. The number of nitrogens with one attached hydrogen (secondary N) is 2. The van der Waals surface area contributed by atoms with E-state index in [1.807, 2.05) is 23.6 Å². The lowest BCUT2D eigenvalue weighted by Crippen LogP contribution is -2.41. The molecule has 2 aliphatic rings. The van der Waals surface area contributed by atoms with Gasteiger partial charge < -0.3 is 9.88 Å². The maximum Gasteiger partial charge on any atom is 0.267 e. The van der Waals surface area contributed by atoms with Gasteiger partial charge in [-0.05, 0) is 50.3 Å².